The molecular weight excluding hydrogens is 417 g/mol. The summed E-state index contributed by atoms with van der Waals surface area (Å²) in [6.07, 6.45) is 4.34. The van der Waals surface area contributed by atoms with Crippen LogP contribution in [0.2, 0.25) is 0 Å². The molecule has 3 aromatic rings. The second-order valence-corrected chi connectivity index (χ2v) is 8.48. The molecule has 0 atom stereocenters. The van der Waals surface area contributed by atoms with Crippen LogP contribution in [0.3, 0.4) is 0 Å². The number of hydrogen-bond donors (Lipinski definition) is 0. The maximum absolute atomic E-state index is 14.5. The van der Waals surface area contributed by atoms with Gasteiger partial charge in [-0.05, 0) is 32.3 Å². The Kier molecular flexibility index (Phi) is 6.26. The summed E-state index contributed by atoms with van der Waals surface area (Å²) in [4.78, 5) is 29.9. The Morgan fingerprint density at radius 1 is 1.29 bits per heavy atom. The number of thiazole rings is 1. The maximum atomic E-state index is 14.5. The largest absolute Gasteiger partial charge is 0.341 e. The Bertz CT molecular complexity index is 1020. The molecular formula is C21H26FN7OS. The lowest BCUT2D eigenvalue weighted by molar-refractivity contribution is -0.136. The van der Waals surface area contributed by atoms with Gasteiger partial charge in [0.15, 0.2) is 5.82 Å². The number of piperidine rings is 1. The lowest BCUT2D eigenvalue weighted by atomic mass is 9.95. The fourth-order valence-corrected chi connectivity index (χ4v) is 4.55. The minimum atomic E-state index is -0.471. The molecule has 0 unspecified atom stereocenters. The summed E-state index contributed by atoms with van der Waals surface area (Å²) in [6.45, 7) is 6.39. The average molecular weight is 444 g/mol. The fraction of sp³-hybridized carbons (Fsp3) is 0.476. The van der Waals surface area contributed by atoms with Gasteiger partial charge in [-0.1, -0.05) is 0 Å². The number of aromatic nitrogens is 5. The van der Waals surface area contributed by atoms with Crippen molar-refractivity contribution in [2.45, 2.75) is 33.2 Å². The van der Waals surface area contributed by atoms with Gasteiger partial charge in [-0.2, -0.15) is 5.10 Å². The van der Waals surface area contributed by atoms with Crippen LogP contribution in [0.4, 0.5) is 10.3 Å². The smallest absolute Gasteiger partial charge is 0.226 e. The number of hydrogen-bond acceptors (Lipinski definition) is 7. The Balaban J connectivity index is 1.44. The maximum Gasteiger partial charge on any atom is 0.226 e. The standard InChI is InChI=1S/C21H26FN7OS/c1-4-28(11-16-12-31-13-24-16)20(30)15-5-7-29(8-6-15)21-23-10-17(22)18(26-21)19-14(2)9-25-27(19)3/h9-10,12-13,15H,4-8,11H2,1-3H3. The van der Waals surface area contributed by atoms with E-state index in [4.69, 9.17) is 0 Å². The average Bonchev–Trinajstić information content (AvgIpc) is 3.42. The summed E-state index contributed by atoms with van der Waals surface area (Å²) in [7, 11) is 1.77. The van der Waals surface area contributed by atoms with E-state index in [1.807, 2.05) is 29.0 Å². The Labute approximate surface area is 184 Å². The van der Waals surface area contributed by atoms with Crippen molar-refractivity contribution < 1.29 is 9.18 Å². The first-order chi connectivity index (χ1) is 15.0. The molecule has 0 spiro atoms. The Morgan fingerprint density at radius 2 is 2.06 bits per heavy atom. The molecule has 0 saturated carbocycles. The van der Waals surface area contributed by atoms with Crippen LogP contribution in [0.5, 0.6) is 0 Å². The summed E-state index contributed by atoms with van der Waals surface area (Å²) in [5, 5.41) is 6.16. The van der Waals surface area contributed by atoms with Gasteiger partial charge in [-0.15, -0.1) is 11.3 Å². The van der Waals surface area contributed by atoms with Gasteiger partial charge in [-0.25, -0.2) is 19.3 Å². The van der Waals surface area contributed by atoms with Gasteiger partial charge in [0.05, 0.1) is 35.8 Å². The summed E-state index contributed by atoms with van der Waals surface area (Å²) in [6, 6.07) is 0. The van der Waals surface area contributed by atoms with Gasteiger partial charge < -0.3 is 9.80 Å². The molecule has 0 N–H and O–H groups in total. The van der Waals surface area contributed by atoms with Gasteiger partial charge in [-0.3, -0.25) is 9.48 Å². The highest BCUT2D eigenvalue weighted by Gasteiger charge is 2.30. The third kappa shape index (κ3) is 4.43. The van der Waals surface area contributed by atoms with Crippen LogP contribution >= 0.6 is 11.3 Å². The molecule has 10 heteroatoms. The van der Waals surface area contributed by atoms with Crippen molar-refractivity contribution in [2.75, 3.05) is 24.5 Å². The first-order valence-corrected chi connectivity index (χ1v) is 11.3. The van der Waals surface area contributed by atoms with Crippen LogP contribution in [-0.4, -0.2) is 55.2 Å². The highest BCUT2D eigenvalue weighted by Crippen LogP contribution is 2.27. The molecule has 1 fully saturated rings. The summed E-state index contributed by atoms with van der Waals surface area (Å²) in [5.41, 5.74) is 4.47. The number of anilines is 1. The first-order valence-electron chi connectivity index (χ1n) is 10.4. The van der Waals surface area contributed by atoms with Gasteiger partial charge in [0.1, 0.15) is 5.69 Å². The molecule has 1 amide bonds. The summed E-state index contributed by atoms with van der Waals surface area (Å²) < 4.78 is 16.1. The minimum Gasteiger partial charge on any atom is -0.341 e. The monoisotopic (exact) mass is 443 g/mol. The van der Waals surface area contributed by atoms with Crippen molar-refractivity contribution in [1.29, 1.82) is 0 Å². The second kappa shape index (κ2) is 9.09. The molecule has 1 aliphatic heterocycles. The highest BCUT2D eigenvalue weighted by molar-refractivity contribution is 7.07. The first kappa shape index (κ1) is 21.4. The quantitative estimate of drug-likeness (QED) is 0.583. The molecule has 0 aromatic carbocycles. The van der Waals surface area contributed by atoms with Crippen molar-refractivity contribution in [3.63, 3.8) is 0 Å². The predicted molar refractivity (Wildman–Crippen MR) is 117 cm³/mol. The molecule has 164 valence electrons. The number of halogens is 1. The third-order valence-corrected chi connectivity index (χ3v) is 6.37. The van der Waals surface area contributed by atoms with Crippen LogP contribution in [0.15, 0.2) is 23.3 Å². The van der Waals surface area contributed by atoms with Gasteiger partial charge >= 0.3 is 0 Å². The van der Waals surface area contributed by atoms with Crippen molar-refractivity contribution in [3.05, 3.63) is 40.4 Å². The number of nitrogens with zero attached hydrogens (tertiary/aromatic N) is 7. The molecule has 8 nitrogen and oxygen atoms in total. The van der Waals surface area contributed by atoms with E-state index in [0.29, 0.717) is 50.7 Å². The SMILES string of the molecule is CCN(Cc1cscn1)C(=O)C1CCN(c2ncc(F)c(-c3c(C)cnn3C)n2)CC1. The van der Waals surface area contributed by atoms with Gasteiger partial charge in [0, 0.05) is 38.0 Å². The number of carbonyl (C=O) groups is 1. The topological polar surface area (TPSA) is 80.0 Å². The molecule has 3 aromatic heterocycles. The normalized spacial score (nSPS) is 14.8. The van der Waals surface area contributed by atoms with E-state index < -0.39 is 5.82 Å². The molecule has 0 aliphatic carbocycles. The van der Waals surface area contributed by atoms with E-state index in [1.54, 1.807) is 23.4 Å². The zero-order chi connectivity index (χ0) is 22.0. The Hall–Kier alpha value is -2.88. The third-order valence-electron chi connectivity index (χ3n) is 5.73. The van der Waals surface area contributed by atoms with E-state index in [0.717, 1.165) is 11.3 Å². The van der Waals surface area contributed by atoms with Crippen LogP contribution < -0.4 is 4.90 Å². The zero-order valence-electron chi connectivity index (χ0n) is 18.0. The zero-order valence-corrected chi connectivity index (χ0v) is 18.8. The van der Waals surface area contributed by atoms with Crippen molar-refractivity contribution in [1.82, 2.24) is 29.6 Å². The predicted octanol–water partition coefficient (Wildman–Crippen LogP) is 3.05. The lowest BCUT2D eigenvalue weighted by Crippen LogP contribution is -2.43. The number of rotatable bonds is 6. The number of carbonyl (C=O) groups excluding carboxylic acids is 1. The van der Waals surface area contributed by atoms with E-state index in [2.05, 4.69) is 20.1 Å². The number of amides is 1. The van der Waals surface area contributed by atoms with Crippen molar-refractivity contribution >= 4 is 23.2 Å². The minimum absolute atomic E-state index is 0.0333. The van der Waals surface area contributed by atoms with Crippen LogP contribution in [0.25, 0.3) is 11.4 Å². The molecule has 1 saturated heterocycles. The molecule has 4 heterocycles. The molecule has 0 bridgehead atoms. The van der Waals surface area contributed by atoms with Crippen LogP contribution in [0.1, 0.15) is 31.0 Å². The van der Waals surface area contributed by atoms with E-state index in [1.165, 1.54) is 17.5 Å². The highest BCUT2D eigenvalue weighted by atomic mass is 32.1. The van der Waals surface area contributed by atoms with Crippen molar-refractivity contribution in [2.24, 2.45) is 13.0 Å². The molecule has 1 aliphatic rings. The summed E-state index contributed by atoms with van der Waals surface area (Å²) >= 11 is 1.54. The van der Waals surface area contributed by atoms with E-state index in [9.17, 15) is 9.18 Å². The fourth-order valence-electron chi connectivity index (χ4n) is 4.00. The van der Waals surface area contributed by atoms with Gasteiger partial charge in [0.25, 0.3) is 0 Å². The lowest BCUT2D eigenvalue weighted by Gasteiger charge is -2.34. The van der Waals surface area contributed by atoms with E-state index in [-0.39, 0.29) is 17.5 Å². The summed E-state index contributed by atoms with van der Waals surface area (Å²) in [5.74, 6) is 0.148. The second-order valence-electron chi connectivity index (χ2n) is 7.76. The molecule has 31 heavy (non-hydrogen) atoms. The van der Waals surface area contributed by atoms with Gasteiger partial charge in [0.2, 0.25) is 11.9 Å². The molecule has 0 radical (unpaired) electrons. The van der Waals surface area contributed by atoms with E-state index >= 15 is 0 Å². The van der Waals surface area contributed by atoms with Crippen LogP contribution in [0, 0.1) is 18.7 Å². The number of aryl methyl sites for hydroxylation is 2. The van der Waals surface area contributed by atoms with Crippen molar-refractivity contribution in [3.8, 4) is 11.4 Å². The van der Waals surface area contributed by atoms with Crippen LogP contribution in [-0.2, 0) is 18.4 Å². The Morgan fingerprint density at radius 3 is 2.68 bits per heavy atom. The molecule has 4 rings (SSSR count).